The molecule has 67 heavy (non-hydrogen) atoms. The van der Waals surface area contributed by atoms with Gasteiger partial charge in [-0.15, -0.1) is 0 Å². The predicted octanol–water partition coefficient (Wildman–Crippen LogP) is 14.4. The molecule has 3 aromatic heterocycles. The van der Waals surface area contributed by atoms with Gasteiger partial charge >= 0.3 is 0 Å². The molecule has 8 heterocycles. The highest BCUT2D eigenvalue weighted by Crippen LogP contribution is 2.56. The van der Waals surface area contributed by atoms with E-state index >= 15 is 0 Å². The van der Waals surface area contributed by atoms with Gasteiger partial charge in [0.05, 0.1) is 39.2 Å². The van der Waals surface area contributed by atoms with E-state index in [1.807, 2.05) is 0 Å². The maximum atomic E-state index is 7.06. The Morgan fingerprint density at radius 1 is 0.642 bits per heavy atom. The van der Waals surface area contributed by atoms with Crippen molar-refractivity contribution >= 4 is 44.6 Å². The van der Waals surface area contributed by atoms with Crippen LogP contribution in [0.3, 0.4) is 0 Å². The Kier molecular flexibility index (Phi) is 7.70. The SMILES string of the molecule is C=C(C)C1=[N+](C=CC)C2Cc3c1cccc3N(c1cccc(-c3ccc(-c4cc5c6c(c4)C(C)(C)c4cccc7c8cccc(c8n-6c47)C5(C)C)o3)c1)c1cccc3c1CC2[n+]1ccccc1-3. The summed E-state index contributed by atoms with van der Waals surface area (Å²) in [4.78, 5) is 2.54. The van der Waals surface area contributed by atoms with Crippen molar-refractivity contribution in [2.24, 2.45) is 0 Å². The summed E-state index contributed by atoms with van der Waals surface area (Å²) in [5, 5.41) is 2.68. The van der Waals surface area contributed by atoms with Crippen LogP contribution in [0.4, 0.5) is 17.1 Å². The van der Waals surface area contributed by atoms with Crippen LogP contribution in [0.15, 0.2) is 175 Å². The largest absolute Gasteiger partial charge is 0.456 e. The van der Waals surface area contributed by atoms with Crippen molar-refractivity contribution in [1.82, 2.24) is 4.57 Å². The molecule has 0 saturated heterocycles. The van der Waals surface area contributed by atoms with E-state index in [-0.39, 0.29) is 22.9 Å². The summed E-state index contributed by atoms with van der Waals surface area (Å²) in [5.41, 5.74) is 23.5. The first kappa shape index (κ1) is 38.7. The van der Waals surface area contributed by atoms with Crippen molar-refractivity contribution in [3.05, 3.63) is 209 Å². The number of hydrogen-bond donors (Lipinski definition) is 0. The predicted molar refractivity (Wildman–Crippen MR) is 273 cm³/mol. The van der Waals surface area contributed by atoms with Gasteiger partial charge in [0.15, 0.2) is 12.4 Å². The normalized spacial score (nSPS) is 18.6. The lowest BCUT2D eigenvalue weighted by Crippen LogP contribution is -2.55. The number of hydrogen-bond acceptors (Lipinski definition) is 2. The van der Waals surface area contributed by atoms with Crippen molar-refractivity contribution < 1.29 is 13.6 Å². The average molecular weight is 869 g/mol. The molecule has 5 nitrogen and oxygen atoms in total. The van der Waals surface area contributed by atoms with Crippen LogP contribution in [-0.2, 0) is 23.7 Å². The molecule has 5 heteroatoms. The highest BCUT2D eigenvalue weighted by atomic mass is 16.3. The molecule has 324 valence electrons. The molecule has 0 spiro atoms. The van der Waals surface area contributed by atoms with Gasteiger partial charge in [-0.3, -0.25) is 0 Å². The highest BCUT2D eigenvalue weighted by Gasteiger charge is 2.50. The van der Waals surface area contributed by atoms with E-state index in [1.165, 1.54) is 94.8 Å². The minimum Gasteiger partial charge on any atom is -0.456 e. The van der Waals surface area contributed by atoms with Gasteiger partial charge < -0.3 is 13.9 Å². The molecule has 5 aliphatic rings. The highest BCUT2D eigenvalue weighted by molar-refractivity contribution is 6.14. The molecule has 2 unspecified atom stereocenters. The Labute approximate surface area is 391 Å². The van der Waals surface area contributed by atoms with Crippen LogP contribution in [0.5, 0.6) is 0 Å². The summed E-state index contributed by atoms with van der Waals surface area (Å²) < 4.78 is 14.7. The fourth-order valence-electron chi connectivity index (χ4n) is 13.3. The Balaban J connectivity index is 0.941. The molecular formula is C62H52N4O+2. The van der Waals surface area contributed by atoms with E-state index in [9.17, 15) is 0 Å². The summed E-state index contributed by atoms with van der Waals surface area (Å²) >= 11 is 0. The van der Waals surface area contributed by atoms with E-state index in [1.54, 1.807) is 0 Å². The number of para-hydroxylation sites is 2. The number of nitrogens with zero attached hydrogens (tertiary/aromatic N) is 4. The topological polar surface area (TPSA) is 28.2 Å². The first-order chi connectivity index (χ1) is 32.5. The standard InChI is InChI=1S/C62H52N4O/c1-8-29-64-54-35-45-43(57(64)36(2)3)21-15-26-52(45)65(51-25-14-18-40-44(51)34-53(54)63-30-10-9-24-50(40)63)39-17-11-16-37(31-39)55-27-28-56(67-55)38-32-48-60-49(33-38)62(6,7)47-23-13-20-42-41-19-12-22-46(61(48,4)5)58(41)66(60)59(42)47/h8-33,53-54H,2,34-35H2,1,3-7H3/q+2. The third-order valence-electron chi connectivity index (χ3n) is 16.3. The van der Waals surface area contributed by atoms with Crippen LogP contribution in [0.25, 0.3) is 61.4 Å². The molecular weight excluding hydrogens is 817 g/mol. The number of fused-ring (bicyclic) bond motifs is 7. The summed E-state index contributed by atoms with van der Waals surface area (Å²) in [6.45, 7) is 18.5. The van der Waals surface area contributed by atoms with Gasteiger partial charge in [0.1, 0.15) is 11.5 Å². The molecule has 9 aromatic rings. The first-order valence-corrected chi connectivity index (χ1v) is 24.0. The molecule has 0 saturated carbocycles. The number of furan rings is 1. The Hall–Kier alpha value is -7.50. The number of benzene rings is 6. The van der Waals surface area contributed by atoms with Crippen LogP contribution in [0.2, 0.25) is 0 Å². The minimum atomic E-state index is -0.214. The van der Waals surface area contributed by atoms with Crippen LogP contribution < -0.4 is 9.47 Å². The maximum Gasteiger partial charge on any atom is 0.224 e. The zero-order valence-corrected chi connectivity index (χ0v) is 39.0. The average Bonchev–Trinajstić information content (AvgIpc) is 3.98. The van der Waals surface area contributed by atoms with Gasteiger partial charge in [-0.05, 0) is 120 Å². The fraction of sp³-hybridized carbons (Fsp3) is 0.194. The third kappa shape index (κ3) is 4.99. The zero-order valence-electron chi connectivity index (χ0n) is 39.0. The Morgan fingerprint density at radius 2 is 1.25 bits per heavy atom. The van der Waals surface area contributed by atoms with Gasteiger partial charge in [-0.2, -0.15) is 9.14 Å². The molecule has 0 radical (unpaired) electrons. The van der Waals surface area contributed by atoms with Crippen molar-refractivity contribution in [1.29, 1.82) is 0 Å². The van der Waals surface area contributed by atoms with Crippen LogP contribution in [-0.4, -0.2) is 20.9 Å². The Bertz CT molecular complexity index is 3680. The molecule has 4 bridgehead atoms. The second kappa shape index (κ2) is 13.3. The number of aromatic nitrogens is 2. The van der Waals surface area contributed by atoms with E-state index in [0.717, 1.165) is 46.7 Å². The van der Waals surface area contributed by atoms with Gasteiger partial charge in [0, 0.05) is 69.0 Å². The monoisotopic (exact) mass is 868 g/mol. The van der Waals surface area contributed by atoms with Gasteiger partial charge in [0.2, 0.25) is 23.5 Å². The van der Waals surface area contributed by atoms with Crippen molar-refractivity contribution in [3.63, 3.8) is 0 Å². The lowest BCUT2D eigenvalue weighted by molar-refractivity contribution is -0.748. The fourth-order valence-corrected chi connectivity index (χ4v) is 13.3. The smallest absolute Gasteiger partial charge is 0.224 e. The quantitative estimate of drug-likeness (QED) is 0.161. The van der Waals surface area contributed by atoms with E-state index in [0.29, 0.717) is 0 Å². The lowest BCUT2D eigenvalue weighted by atomic mass is 9.68. The molecule has 5 aliphatic heterocycles. The van der Waals surface area contributed by atoms with E-state index in [4.69, 9.17) is 4.42 Å². The minimum absolute atomic E-state index is 0.181. The zero-order chi connectivity index (χ0) is 45.2. The molecule has 2 atom stereocenters. The summed E-state index contributed by atoms with van der Waals surface area (Å²) in [5.74, 6) is 1.73. The summed E-state index contributed by atoms with van der Waals surface area (Å²) in [7, 11) is 0. The molecule has 14 rings (SSSR count). The van der Waals surface area contributed by atoms with E-state index in [2.05, 4.69) is 225 Å². The van der Waals surface area contributed by atoms with Gasteiger partial charge in [0.25, 0.3) is 0 Å². The molecule has 0 amide bonds. The van der Waals surface area contributed by atoms with Crippen molar-refractivity contribution in [3.8, 4) is 39.6 Å². The summed E-state index contributed by atoms with van der Waals surface area (Å²) in [6, 6.07) is 52.8. The second-order valence-corrected chi connectivity index (χ2v) is 20.6. The van der Waals surface area contributed by atoms with Gasteiger partial charge in [-0.1, -0.05) is 94.9 Å². The number of anilines is 3. The third-order valence-corrected chi connectivity index (χ3v) is 16.3. The van der Waals surface area contributed by atoms with Crippen LogP contribution >= 0.6 is 0 Å². The number of allylic oxidation sites excluding steroid dienone is 2. The Morgan fingerprint density at radius 3 is 1.93 bits per heavy atom. The van der Waals surface area contributed by atoms with Crippen LogP contribution in [0, 0.1) is 0 Å². The number of pyridine rings is 1. The maximum absolute atomic E-state index is 7.06. The van der Waals surface area contributed by atoms with Crippen LogP contribution in [0.1, 0.15) is 86.5 Å². The molecule has 0 N–H and O–H groups in total. The number of rotatable bonds is 5. The molecule has 0 fully saturated rings. The van der Waals surface area contributed by atoms with Crippen molar-refractivity contribution in [2.45, 2.75) is 77.3 Å². The van der Waals surface area contributed by atoms with Gasteiger partial charge in [-0.25, -0.2) is 0 Å². The lowest BCUT2D eigenvalue weighted by Gasteiger charge is -2.42. The van der Waals surface area contributed by atoms with Crippen molar-refractivity contribution in [2.75, 3.05) is 4.90 Å². The van der Waals surface area contributed by atoms with E-state index < -0.39 is 0 Å². The molecule has 6 aromatic carbocycles. The summed E-state index contributed by atoms with van der Waals surface area (Å²) in [6.07, 6.45) is 8.55. The second-order valence-electron chi connectivity index (χ2n) is 20.6. The molecule has 0 aliphatic carbocycles. The first-order valence-electron chi connectivity index (χ1n) is 24.0.